The summed E-state index contributed by atoms with van der Waals surface area (Å²) in [5, 5.41) is 3.87. The molecule has 0 saturated heterocycles. The Hall–Kier alpha value is -0.470. The van der Waals surface area contributed by atoms with Crippen LogP contribution in [0.2, 0.25) is 0 Å². The van der Waals surface area contributed by atoms with Gasteiger partial charge in [-0.25, -0.2) is 0 Å². The lowest BCUT2D eigenvalue weighted by molar-refractivity contribution is 0.335. The molecule has 0 amide bonds. The molecule has 0 bridgehead atoms. The van der Waals surface area contributed by atoms with E-state index < -0.39 is 0 Å². The third-order valence-electron chi connectivity index (χ3n) is 5.06. The SMILES string of the molecule is CSc1ccc(C(C)NC2CCCC(C(C)C)CC2)cc1. The van der Waals surface area contributed by atoms with Crippen molar-refractivity contribution in [2.75, 3.05) is 6.26 Å². The van der Waals surface area contributed by atoms with Crippen molar-refractivity contribution < 1.29 is 0 Å². The van der Waals surface area contributed by atoms with Crippen molar-refractivity contribution in [2.45, 2.75) is 69.9 Å². The second-order valence-electron chi connectivity index (χ2n) is 6.87. The van der Waals surface area contributed by atoms with Crippen LogP contribution in [0.15, 0.2) is 29.2 Å². The summed E-state index contributed by atoms with van der Waals surface area (Å²) < 4.78 is 0. The van der Waals surface area contributed by atoms with Crippen LogP contribution >= 0.6 is 11.8 Å². The quantitative estimate of drug-likeness (QED) is 0.556. The van der Waals surface area contributed by atoms with Crippen LogP contribution in [-0.4, -0.2) is 12.3 Å². The Labute approximate surface area is 135 Å². The van der Waals surface area contributed by atoms with Gasteiger partial charge in [0.2, 0.25) is 0 Å². The van der Waals surface area contributed by atoms with Gasteiger partial charge in [-0.1, -0.05) is 38.8 Å². The maximum Gasteiger partial charge on any atom is 0.0294 e. The fourth-order valence-corrected chi connectivity index (χ4v) is 3.91. The van der Waals surface area contributed by atoms with Crippen LogP contribution in [0.25, 0.3) is 0 Å². The maximum atomic E-state index is 3.87. The average Bonchev–Trinajstić information content (AvgIpc) is 2.73. The van der Waals surface area contributed by atoms with Gasteiger partial charge in [0.15, 0.2) is 0 Å². The highest BCUT2D eigenvalue weighted by Gasteiger charge is 2.22. The number of benzene rings is 1. The number of nitrogens with one attached hydrogen (secondary N) is 1. The highest BCUT2D eigenvalue weighted by Crippen LogP contribution is 2.30. The molecule has 0 aliphatic heterocycles. The molecule has 1 aromatic rings. The van der Waals surface area contributed by atoms with Gasteiger partial charge < -0.3 is 5.32 Å². The zero-order valence-electron chi connectivity index (χ0n) is 14.1. The lowest BCUT2D eigenvalue weighted by Crippen LogP contribution is -2.31. The van der Waals surface area contributed by atoms with Crippen LogP contribution in [0.1, 0.15) is 64.5 Å². The molecule has 1 fully saturated rings. The fraction of sp³-hybridized carbons (Fsp3) is 0.684. The van der Waals surface area contributed by atoms with Gasteiger partial charge in [-0.15, -0.1) is 11.8 Å². The highest BCUT2D eigenvalue weighted by molar-refractivity contribution is 7.98. The van der Waals surface area contributed by atoms with E-state index in [0.29, 0.717) is 12.1 Å². The summed E-state index contributed by atoms with van der Waals surface area (Å²) in [7, 11) is 0. The molecule has 1 aliphatic rings. The van der Waals surface area contributed by atoms with Gasteiger partial charge in [0.1, 0.15) is 0 Å². The molecule has 1 saturated carbocycles. The van der Waals surface area contributed by atoms with Gasteiger partial charge in [0, 0.05) is 17.0 Å². The van der Waals surface area contributed by atoms with E-state index in [-0.39, 0.29) is 0 Å². The van der Waals surface area contributed by atoms with Crippen molar-refractivity contribution in [3.05, 3.63) is 29.8 Å². The Morgan fingerprint density at radius 3 is 2.33 bits per heavy atom. The summed E-state index contributed by atoms with van der Waals surface area (Å²) in [5.41, 5.74) is 1.41. The van der Waals surface area contributed by atoms with Crippen LogP contribution in [0.4, 0.5) is 0 Å². The van der Waals surface area contributed by atoms with Crippen LogP contribution in [0.5, 0.6) is 0 Å². The average molecular weight is 306 g/mol. The topological polar surface area (TPSA) is 12.0 Å². The largest absolute Gasteiger partial charge is 0.307 e. The molecule has 3 unspecified atom stereocenters. The molecule has 2 rings (SSSR count). The lowest BCUT2D eigenvalue weighted by atomic mass is 9.89. The van der Waals surface area contributed by atoms with E-state index in [9.17, 15) is 0 Å². The molecule has 1 aromatic carbocycles. The fourth-order valence-electron chi connectivity index (χ4n) is 3.51. The lowest BCUT2D eigenvalue weighted by Gasteiger charge is -2.23. The van der Waals surface area contributed by atoms with Crippen molar-refractivity contribution >= 4 is 11.8 Å². The van der Waals surface area contributed by atoms with Gasteiger partial charge in [-0.05, 0) is 62.0 Å². The number of rotatable bonds is 5. The minimum absolute atomic E-state index is 0.460. The predicted molar refractivity (Wildman–Crippen MR) is 95.0 cm³/mol. The van der Waals surface area contributed by atoms with Crippen LogP contribution in [0, 0.1) is 11.8 Å². The second-order valence-corrected chi connectivity index (χ2v) is 7.75. The van der Waals surface area contributed by atoms with E-state index in [1.165, 1.54) is 42.6 Å². The third kappa shape index (κ3) is 5.03. The van der Waals surface area contributed by atoms with Gasteiger partial charge in [-0.3, -0.25) is 0 Å². The molecule has 1 aliphatic carbocycles. The maximum absolute atomic E-state index is 3.87. The van der Waals surface area contributed by atoms with Gasteiger partial charge in [0.05, 0.1) is 0 Å². The first-order chi connectivity index (χ1) is 10.1. The third-order valence-corrected chi connectivity index (χ3v) is 5.80. The summed E-state index contributed by atoms with van der Waals surface area (Å²) in [6.45, 7) is 7.07. The number of hydrogen-bond acceptors (Lipinski definition) is 2. The minimum Gasteiger partial charge on any atom is -0.307 e. The summed E-state index contributed by atoms with van der Waals surface area (Å²) in [6.07, 6.45) is 9.03. The molecule has 0 heterocycles. The van der Waals surface area contributed by atoms with E-state index >= 15 is 0 Å². The second kappa shape index (κ2) is 8.24. The van der Waals surface area contributed by atoms with Crippen LogP contribution in [-0.2, 0) is 0 Å². The van der Waals surface area contributed by atoms with Gasteiger partial charge >= 0.3 is 0 Å². The Balaban J connectivity index is 1.88. The molecule has 1 nitrogen and oxygen atoms in total. The molecule has 0 spiro atoms. The van der Waals surface area contributed by atoms with E-state index in [1.54, 1.807) is 0 Å². The Bertz CT molecular complexity index is 412. The van der Waals surface area contributed by atoms with E-state index in [1.807, 2.05) is 11.8 Å². The molecular weight excluding hydrogens is 274 g/mol. The molecule has 0 aromatic heterocycles. The summed E-state index contributed by atoms with van der Waals surface area (Å²) in [6, 6.07) is 10.2. The van der Waals surface area contributed by atoms with Gasteiger partial charge in [0.25, 0.3) is 0 Å². The molecule has 2 heteroatoms. The van der Waals surface area contributed by atoms with Gasteiger partial charge in [-0.2, -0.15) is 0 Å². The molecule has 3 atom stereocenters. The summed E-state index contributed by atoms with van der Waals surface area (Å²) in [4.78, 5) is 1.35. The smallest absolute Gasteiger partial charge is 0.0294 e. The first kappa shape index (κ1) is 16.9. The van der Waals surface area contributed by atoms with Crippen molar-refractivity contribution in [1.29, 1.82) is 0 Å². The normalized spacial score (nSPS) is 24.8. The number of thioether (sulfide) groups is 1. The molecular formula is C19H31NS. The monoisotopic (exact) mass is 305 g/mol. The Morgan fingerprint density at radius 1 is 1.00 bits per heavy atom. The molecule has 118 valence electrons. The van der Waals surface area contributed by atoms with E-state index in [4.69, 9.17) is 0 Å². The number of hydrogen-bond donors (Lipinski definition) is 1. The van der Waals surface area contributed by atoms with Crippen molar-refractivity contribution in [3.8, 4) is 0 Å². The zero-order valence-corrected chi connectivity index (χ0v) is 14.9. The molecule has 21 heavy (non-hydrogen) atoms. The van der Waals surface area contributed by atoms with E-state index in [0.717, 1.165) is 11.8 Å². The minimum atomic E-state index is 0.460. The van der Waals surface area contributed by atoms with Crippen LogP contribution < -0.4 is 5.32 Å². The summed E-state index contributed by atoms with van der Waals surface area (Å²) >= 11 is 1.81. The zero-order chi connectivity index (χ0) is 15.2. The standard InChI is InChI=1S/C19H31NS/c1-14(2)16-6-5-7-18(11-8-16)20-15(3)17-9-12-19(21-4)13-10-17/h9-10,12-16,18,20H,5-8,11H2,1-4H3. The van der Waals surface area contributed by atoms with Crippen molar-refractivity contribution in [2.24, 2.45) is 11.8 Å². The molecule has 0 radical (unpaired) electrons. The van der Waals surface area contributed by atoms with Crippen molar-refractivity contribution in [3.63, 3.8) is 0 Å². The molecule has 1 N–H and O–H groups in total. The highest BCUT2D eigenvalue weighted by atomic mass is 32.2. The Kier molecular flexibility index (Phi) is 6.63. The van der Waals surface area contributed by atoms with Crippen LogP contribution in [0.3, 0.4) is 0 Å². The Morgan fingerprint density at radius 2 is 1.71 bits per heavy atom. The summed E-state index contributed by atoms with van der Waals surface area (Å²) in [5.74, 6) is 1.79. The van der Waals surface area contributed by atoms with Crippen molar-refractivity contribution in [1.82, 2.24) is 5.32 Å². The first-order valence-corrected chi connectivity index (χ1v) is 9.72. The predicted octanol–water partition coefficient (Wildman–Crippen LogP) is 5.66. The first-order valence-electron chi connectivity index (χ1n) is 8.50. The van der Waals surface area contributed by atoms with E-state index in [2.05, 4.69) is 56.6 Å².